The van der Waals surface area contributed by atoms with E-state index in [4.69, 9.17) is 0 Å². The molecule has 258 valence electrons. The second-order valence-corrected chi connectivity index (χ2v) is 15.2. The SMILES string of the molecule is c1ccc(N(c2ccccc2)c2ccc3c(c2)c2ccccc2n3-c2ccc(-c3ccc(-c4ccc5c(c4)sc4ccccc45)c4ccccc34)cc2)cc1. The minimum absolute atomic E-state index is 1.13. The van der Waals surface area contributed by atoms with Gasteiger partial charge in [0.15, 0.2) is 0 Å². The first-order valence-electron chi connectivity index (χ1n) is 18.8. The number of anilines is 3. The van der Waals surface area contributed by atoms with Gasteiger partial charge in [-0.1, -0.05) is 133 Å². The second kappa shape index (κ2) is 12.9. The van der Waals surface area contributed by atoms with Crippen molar-refractivity contribution < 1.29 is 0 Å². The average Bonchev–Trinajstić information content (AvgIpc) is 3.79. The van der Waals surface area contributed by atoms with Crippen molar-refractivity contribution in [2.45, 2.75) is 0 Å². The normalized spacial score (nSPS) is 11.6. The molecule has 0 atom stereocenters. The molecule has 0 aliphatic carbocycles. The van der Waals surface area contributed by atoms with Gasteiger partial charge in [0.1, 0.15) is 0 Å². The lowest BCUT2D eigenvalue weighted by Gasteiger charge is -2.25. The molecule has 55 heavy (non-hydrogen) atoms. The molecule has 2 heterocycles. The van der Waals surface area contributed by atoms with Gasteiger partial charge in [-0.2, -0.15) is 0 Å². The van der Waals surface area contributed by atoms with E-state index in [9.17, 15) is 0 Å². The van der Waals surface area contributed by atoms with Gasteiger partial charge in [-0.3, -0.25) is 0 Å². The third kappa shape index (κ3) is 5.24. The number of hydrogen-bond donors (Lipinski definition) is 0. The Bertz CT molecular complexity index is 3150. The van der Waals surface area contributed by atoms with Gasteiger partial charge in [0.2, 0.25) is 0 Å². The number of thiophene rings is 1. The van der Waals surface area contributed by atoms with Crippen LogP contribution >= 0.6 is 11.3 Å². The predicted molar refractivity (Wildman–Crippen MR) is 237 cm³/mol. The summed E-state index contributed by atoms with van der Waals surface area (Å²) >= 11 is 1.87. The fourth-order valence-corrected chi connectivity index (χ4v) is 9.61. The van der Waals surface area contributed by atoms with Crippen LogP contribution in [0.2, 0.25) is 0 Å². The van der Waals surface area contributed by atoms with E-state index in [-0.39, 0.29) is 0 Å². The van der Waals surface area contributed by atoms with Gasteiger partial charge in [0, 0.05) is 53.7 Å². The standard InChI is InChI=1S/C52H34N2S/c1-3-13-37(14-4-1)53(38-15-5-2-6-16-38)40-28-32-50-48(34-40)45-19-9-11-21-49(45)54(50)39-26-23-35(24-27-39)41-30-31-42(44-18-8-7-17-43(41)44)36-25-29-47-46-20-10-12-22-51(46)55-52(47)33-36/h1-34H. The van der Waals surface area contributed by atoms with Crippen LogP contribution in [0.4, 0.5) is 17.1 Å². The maximum absolute atomic E-state index is 2.40. The van der Waals surface area contributed by atoms with Crippen molar-refractivity contribution in [2.24, 2.45) is 0 Å². The van der Waals surface area contributed by atoms with Crippen molar-refractivity contribution in [3.05, 3.63) is 206 Å². The van der Waals surface area contributed by atoms with E-state index in [1.807, 2.05) is 11.3 Å². The Labute approximate surface area is 323 Å². The summed E-state index contributed by atoms with van der Waals surface area (Å²) in [5.41, 5.74) is 11.9. The summed E-state index contributed by atoms with van der Waals surface area (Å²) in [7, 11) is 0. The molecule has 0 spiro atoms. The first-order valence-corrected chi connectivity index (χ1v) is 19.6. The van der Waals surface area contributed by atoms with Crippen LogP contribution in [0.5, 0.6) is 0 Å². The van der Waals surface area contributed by atoms with Crippen LogP contribution in [0, 0.1) is 0 Å². The number of hydrogen-bond acceptors (Lipinski definition) is 2. The highest BCUT2D eigenvalue weighted by Gasteiger charge is 2.18. The van der Waals surface area contributed by atoms with Crippen molar-refractivity contribution in [3.8, 4) is 27.9 Å². The van der Waals surface area contributed by atoms with Crippen LogP contribution < -0.4 is 4.90 Å². The monoisotopic (exact) mass is 718 g/mol. The molecule has 0 saturated heterocycles. The Hall–Kier alpha value is -6.94. The quantitative estimate of drug-likeness (QED) is 0.166. The van der Waals surface area contributed by atoms with Crippen LogP contribution in [0.15, 0.2) is 206 Å². The Morgan fingerprint density at radius 2 is 0.873 bits per heavy atom. The van der Waals surface area contributed by atoms with Gasteiger partial charge < -0.3 is 9.47 Å². The lowest BCUT2D eigenvalue weighted by molar-refractivity contribution is 1.18. The zero-order chi connectivity index (χ0) is 36.3. The Morgan fingerprint density at radius 3 is 1.58 bits per heavy atom. The van der Waals surface area contributed by atoms with E-state index in [0.29, 0.717) is 0 Å². The van der Waals surface area contributed by atoms with E-state index in [2.05, 4.69) is 216 Å². The molecule has 2 nitrogen and oxygen atoms in total. The molecule has 2 aromatic heterocycles. The molecule has 0 amide bonds. The molecule has 11 rings (SSSR count). The van der Waals surface area contributed by atoms with Gasteiger partial charge in [0.05, 0.1) is 11.0 Å². The molecular formula is C52H34N2S. The topological polar surface area (TPSA) is 8.17 Å². The highest BCUT2D eigenvalue weighted by molar-refractivity contribution is 7.25. The Morgan fingerprint density at radius 1 is 0.327 bits per heavy atom. The van der Waals surface area contributed by atoms with Crippen molar-refractivity contribution in [3.63, 3.8) is 0 Å². The zero-order valence-electron chi connectivity index (χ0n) is 29.9. The van der Waals surface area contributed by atoms with Gasteiger partial charge in [-0.15, -0.1) is 11.3 Å². The van der Waals surface area contributed by atoms with E-state index in [1.54, 1.807) is 0 Å². The number of rotatable bonds is 6. The van der Waals surface area contributed by atoms with Gasteiger partial charge in [-0.05, 0) is 106 Å². The van der Waals surface area contributed by atoms with E-state index in [1.165, 1.54) is 75.0 Å². The van der Waals surface area contributed by atoms with E-state index >= 15 is 0 Å². The number of nitrogens with zero attached hydrogens (tertiary/aromatic N) is 2. The molecule has 3 heteroatoms. The van der Waals surface area contributed by atoms with Crippen molar-refractivity contribution in [1.29, 1.82) is 0 Å². The molecular weight excluding hydrogens is 685 g/mol. The lowest BCUT2D eigenvalue weighted by Crippen LogP contribution is -2.09. The fraction of sp³-hybridized carbons (Fsp3) is 0. The van der Waals surface area contributed by atoms with Crippen LogP contribution in [-0.2, 0) is 0 Å². The first-order chi connectivity index (χ1) is 27.3. The largest absolute Gasteiger partial charge is 0.310 e. The molecule has 9 aromatic carbocycles. The van der Waals surface area contributed by atoms with Crippen LogP contribution in [0.25, 0.3) is 80.7 Å². The molecule has 0 fully saturated rings. The number of para-hydroxylation sites is 3. The van der Waals surface area contributed by atoms with Crippen LogP contribution in [-0.4, -0.2) is 4.57 Å². The first kappa shape index (κ1) is 31.6. The highest BCUT2D eigenvalue weighted by Crippen LogP contribution is 2.42. The summed E-state index contributed by atoms with van der Waals surface area (Å²) in [6.07, 6.45) is 0. The summed E-state index contributed by atoms with van der Waals surface area (Å²) in [5.74, 6) is 0. The van der Waals surface area contributed by atoms with Crippen molar-refractivity contribution in [2.75, 3.05) is 4.90 Å². The van der Waals surface area contributed by atoms with Gasteiger partial charge >= 0.3 is 0 Å². The van der Waals surface area contributed by atoms with Crippen LogP contribution in [0.1, 0.15) is 0 Å². The molecule has 0 aliphatic heterocycles. The van der Waals surface area contributed by atoms with Gasteiger partial charge in [-0.25, -0.2) is 0 Å². The molecule has 0 saturated carbocycles. The molecule has 0 bridgehead atoms. The fourth-order valence-electron chi connectivity index (χ4n) is 8.47. The molecule has 0 N–H and O–H groups in total. The van der Waals surface area contributed by atoms with E-state index in [0.717, 1.165) is 22.7 Å². The average molecular weight is 719 g/mol. The number of fused-ring (bicyclic) bond motifs is 7. The smallest absolute Gasteiger partial charge is 0.0542 e. The maximum atomic E-state index is 2.40. The molecule has 0 radical (unpaired) electrons. The van der Waals surface area contributed by atoms with Crippen molar-refractivity contribution >= 4 is 81.1 Å². The summed E-state index contributed by atoms with van der Waals surface area (Å²) in [6, 6.07) is 75.0. The van der Waals surface area contributed by atoms with Crippen LogP contribution in [0.3, 0.4) is 0 Å². The summed E-state index contributed by atoms with van der Waals surface area (Å²) in [6.45, 7) is 0. The summed E-state index contributed by atoms with van der Waals surface area (Å²) in [4.78, 5) is 2.33. The number of benzene rings is 9. The highest BCUT2D eigenvalue weighted by atomic mass is 32.1. The number of aromatic nitrogens is 1. The molecule has 0 aliphatic rings. The predicted octanol–water partition coefficient (Wildman–Crippen LogP) is 15.1. The minimum Gasteiger partial charge on any atom is -0.310 e. The Kier molecular flexibility index (Phi) is 7.39. The minimum atomic E-state index is 1.13. The lowest BCUT2D eigenvalue weighted by atomic mass is 9.92. The third-order valence-electron chi connectivity index (χ3n) is 11.0. The molecule has 0 unspecified atom stereocenters. The van der Waals surface area contributed by atoms with Crippen molar-refractivity contribution in [1.82, 2.24) is 4.57 Å². The maximum Gasteiger partial charge on any atom is 0.0542 e. The summed E-state index contributed by atoms with van der Waals surface area (Å²) < 4.78 is 5.06. The molecule has 11 aromatic rings. The second-order valence-electron chi connectivity index (χ2n) is 14.1. The third-order valence-corrected chi connectivity index (χ3v) is 12.1. The Balaban J connectivity index is 0.996. The zero-order valence-corrected chi connectivity index (χ0v) is 30.7. The van der Waals surface area contributed by atoms with E-state index < -0.39 is 0 Å². The van der Waals surface area contributed by atoms with Gasteiger partial charge in [0.25, 0.3) is 0 Å². The summed E-state index contributed by atoms with van der Waals surface area (Å²) in [5, 5.41) is 7.65.